The van der Waals surface area contributed by atoms with Gasteiger partial charge in [-0.2, -0.15) is 0 Å². The predicted molar refractivity (Wildman–Crippen MR) is 101 cm³/mol. The molecule has 1 fully saturated rings. The summed E-state index contributed by atoms with van der Waals surface area (Å²) in [6, 6.07) is 9.10. The number of likely N-dealkylation sites (tertiary alicyclic amines) is 1. The summed E-state index contributed by atoms with van der Waals surface area (Å²) < 4.78 is 18.2. The van der Waals surface area contributed by atoms with Gasteiger partial charge in [0.2, 0.25) is 0 Å². The van der Waals surface area contributed by atoms with Gasteiger partial charge in [-0.25, -0.2) is 9.18 Å². The van der Waals surface area contributed by atoms with Gasteiger partial charge in [0.05, 0.1) is 6.61 Å². The molecule has 0 spiro atoms. The van der Waals surface area contributed by atoms with E-state index in [1.54, 1.807) is 36.1 Å². The molecule has 1 aliphatic heterocycles. The minimum Gasteiger partial charge on any atom is -0.450 e. The molecule has 0 unspecified atom stereocenters. The van der Waals surface area contributed by atoms with Crippen LogP contribution in [0.1, 0.15) is 30.3 Å². The van der Waals surface area contributed by atoms with Gasteiger partial charge in [0.25, 0.3) is 5.91 Å². The molecular weight excluding hydrogens is 365 g/mol. The van der Waals surface area contributed by atoms with E-state index in [4.69, 9.17) is 4.74 Å². The molecule has 2 heterocycles. The van der Waals surface area contributed by atoms with Crippen LogP contribution in [0.15, 0.2) is 36.4 Å². The molecule has 2 N–H and O–H groups in total. The van der Waals surface area contributed by atoms with Crippen molar-refractivity contribution in [1.29, 1.82) is 0 Å². The Morgan fingerprint density at radius 2 is 2.00 bits per heavy atom. The summed E-state index contributed by atoms with van der Waals surface area (Å²) in [4.78, 5) is 25.7. The number of carbonyl (C=O) groups excluding carboxylic acids is 2. The highest BCUT2D eigenvalue weighted by Gasteiger charge is 2.25. The molecule has 0 radical (unpaired) electrons. The van der Waals surface area contributed by atoms with Gasteiger partial charge in [0, 0.05) is 24.8 Å². The first-order valence-corrected chi connectivity index (χ1v) is 9.14. The SMILES string of the molecule is CCOC(=O)N1CCC(NC(=O)c2ccc(Nc3cccc(F)c3)nn2)CC1. The number of benzene rings is 1. The average molecular weight is 387 g/mol. The van der Waals surface area contributed by atoms with E-state index in [9.17, 15) is 14.0 Å². The lowest BCUT2D eigenvalue weighted by Crippen LogP contribution is -2.46. The van der Waals surface area contributed by atoms with Gasteiger partial charge in [-0.3, -0.25) is 4.79 Å². The first-order valence-electron chi connectivity index (χ1n) is 9.14. The number of ether oxygens (including phenoxy) is 1. The summed E-state index contributed by atoms with van der Waals surface area (Å²) in [7, 11) is 0. The van der Waals surface area contributed by atoms with Gasteiger partial charge in [-0.1, -0.05) is 6.07 Å². The zero-order valence-corrected chi connectivity index (χ0v) is 15.5. The Labute approximate surface area is 162 Å². The van der Waals surface area contributed by atoms with Crippen LogP contribution in [0.2, 0.25) is 0 Å². The van der Waals surface area contributed by atoms with E-state index >= 15 is 0 Å². The maximum absolute atomic E-state index is 13.2. The van der Waals surface area contributed by atoms with Crippen molar-refractivity contribution >= 4 is 23.5 Å². The molecule has 28 heavy (non-hydrogen) atoms. The molecule has 0 bridgehead atoms. The first-order chi connectivity index (χ1) is 13.5. The molecular formula is C19H22FN5O3. The van der Waals surface area contributed by atoms with E-state index in [1.807, 2.05) is 0 Å². The van der Waals surface area contributed by atoms with Crippen LogP contribution in [-0.4, -0.2) is 52.8 Å². The molecule has 0 atom stereocenters. The fourth-order valence-electron chi connectivity index (χ4n) is 2.91. The Balaban J connectivity index is 1.50. The summed E-state index contributed by atoms with van der Waals surface area (Å²) in [5, 5.41) is 13.7. The normalized spacial score (nSPS) is 14.4. The summed E-state index contributed by atoms with van der Waals surface area (Å²) in [5.74, 6) is -0.271. The lowest BCUT2D eigenvalue weighted by atomic mass is 10.1. The lowest BCUT2D eigenvalue weighted by molar-refractivity contribution is 0.0856. The number of aromatic nitrogens is 2. The predicted octanol–water partition coefficient (Wildman–Crippen LogP) is 2.71. The van der Waals surface area contributed by atoms with Gasteiger partial charge < -0.3 is 20.3 Å². The van der Waals surface area contributed by atoms with Crippen molar-refractivity contribution < 1.29 is 18.7 Å². The van der Waals surface area contributed by atoms with E-state index in [-0.39, 0.29) is 29.6 Å². The van der Waals surface area contributed by atoms with Crippen molar-refractivity contribution in [3.63, 3.8) is 0 Å². The second-order valence-corrected chi connectivity index (χ2v) is 6.37. The van der Waals surface area contributed by atoms with Gasteiger partial charge >= 0.3 is 6.09 Å². The van der Waals surface area contributed by atoms with Crippen molar-refractivity contribution in [2.24, 2.45) is 0 Å². The van der Waals surface area contributed by atoms with Gasteiger partial charge in [0.1, 0.15) is 5.82 Å². The van der Waals surface area contributed by atoms with E-state index in [0.29, 0.717) is 44.0 Å². The Bertz CT molecular complexity index is 823. The second kappa shape index (κ2) is 9.12. The number of nitrogens with one attached hydrogen (secondary N) is 2. The van der Waals surface area contributed by atoms with Crippen LogP contribution < -0.4 is 10.6 Å². The molecule has 9 heteroatoms. The van der Waals surface area contributed by atoms with Crippen LogP contribution in [0.5, 0.6) is 0 Å². The highest BCUT2D eigenvalue weighted by molar-refractivity contribution is 5.92. The molecule has 2 amide bonds. The Morgan fingerprint density at radius 3 is 2.64 bits per heavy atom. The summed E-state index contributed by atoms with van der Waals surface area (Å²) in [6.45, 7) is 3.18. The van der Waals surface area contributed by atoms with E-state index in [0.717, 1.165) is 0 Å². The van der Waals surface area contributed by atoms with Crippen LogP contribution in [-0.2, 0) is 4.74 Å². The van der Waals surface area contributed by atoms with Crippen LogP contribution >= 0.6 is 0 Å². The Hall–Kier alpha value is -3.23. The van der Waals surface area contributed by atoms with Gasteiger partial charge in [-0.15, -0.1) is 10.2 Å². The van der Waals surface area contributed by atoms with Crippen molar-refractivity contribution in [2.75, 3.05) is 25.0 Å². The van der Waals surface area contributed by atoms with Gasteiger partial charge in [0.15, 0.2) is 11.5 Å². The molecule has 0 aliphatic carbocycles. The third-order valence-electron chi connectivity index (χ3n) is 4.35. The third-order valence-corrected chi connectivity index (χ3v) is 4.35. The smallest absolute Gasteiger partial charge is 0.409 e. The van der Waals surface area contributed by atoms with E-state index in [2.05, 4.69) is 20.8 Å². The zero-order chi connectivity index (χ0) is 19.9. The molecule has 148 valence electrons. The number of amides is 2. The highest BCUT2D eigenvalue weighted by atomic mass is 19.1. The number of piperidine rings is 1. The number of nitrogens with zero attached hydrogens (tertiary/aromatic N) is 3. The standard InChI is InChI=1S/C19H22FN5O3/c1-2-28-19(27)25-10-8-14(9-11-25)22-18(26)16-6-7-17(24-23-16)21-15-5-3-4-13(20)12-15/h3-7,12,14H,2,8-11H2,1H3,(H,21,24)(H,22,26). The van der Waals surface area contributed by atoms with E-state index in [1.165, 1.54) is 12.1 Å². The first kappa shape index (κ1) is 19.5. The largest absolute Gasteiger partial charge is 0.450 e. The number of hydrogen-bond acceptors (Lipinski definition) is 6. The number of anilines is 2. The highest BCUT2D eigenvalue weighted by Crippen LogP contribution is 2.15. The molecule has 1 aliphatic rings. The average Bonchev–Trinajstić information content (AvgIpc) is 2.69. The molecule has 0 saturated carbocycles. The van der Waals surface area contributed by atoms with Crippen molar-refractivity contribution in [3.8, 4) is 0 Å². The maximum Gasteiger partial charge on any atom is 0.409 e. The fourth-order valence-corrected chi connectivity index (χ4v) is 2.91. The fraction of sp³-hybridized carbons (Fsp3) is 0.368. The number of hydrogen-bond donors (Lipinski definition) is 2. The van der Waals surface area contributed by atoms with E-state index < -0.39 is 0 Å². The van der Waals surface area contributed by atoms with Crippen molar-refractivity contribution in [2.45, 2.75) is 25.8 Å². The van der Waals surface area contributed by atoms with Crippen LogP contribution in [0.4, 0.5) is 20.7 Å². The minimum absolute atomic E-state index is 0.0370. The van der Waals surface area contributed by atoms with Crippen LogP contribution in [0.3, 0.4) is 0 Å². The van der Waals surface area contributed by atoms with Crippen LogP contribution in [0.25, 0.3) is 0 Å². The Kier molecular flexibility index (Phi) is 6.36. The molecule has 1 aromatic heterocycles. The maximum atomic E-state index is 13.2. The topological polar surface area (TPSA) is 96.5 Å². The van der Waals surface area contributed by atoms with Crippen molar-refractivity contribution in [3.05, 3.63) is 47.9 Å². The molecule has 1 saturated heterocycles. The Morgan fingerprint density at radius 1 is 1.21 bits per heavy atom. The lowest BCUT2D eigenvalue weighted by Gasteiger charge is -2.31. The zero-order valence-electron chi connectivity index (χ0n) is 15.5. The minimum atomic E-state index is -0.358. The monoisotopic (exact) mass is 387 g/mol. The summed E-state index contributed by atoms with van der Waals surface area (Å²) in [5.41, 5.74) is 0.734. The molecule has 2 aromatic rings. The molecule has 1 aromatic carbocycles. The third kappa shape index (κ3) is 5.15. The van der Waals surface area contributed by atoms with Crippen molar-refractivity contribution in [1.82, 2.24) is 20.4 Å². The van der Waals surface area contributed by atoms with Gasteiger partial charge in [-0.05, 0) is 50.1 Å². The summed E-state index contributed by atoms with van der Waals surface area (Å²) >= 11 is 0. The second-order valence-electron chi connectivity index (χ2n) is 6.37. The molecule has 8 nitrogen and oxygen atoms in total. The molecule has 3 rings (SSSR count). The number of halogens is 1. The number of rotatable bonds is 5. The quantitative estimate of drug-likeness (QED) is 0.819. The number of carbonyl (C=O) groups is 2. The summed E-state index contributed by atoms with van der Waals surface area (Å²) in [6.07, 6.45) is 0.980. The van der Waals surface area contributed by atoms with Crippen LogP contribution in [0, 0.1) is 5.82 Å².